The standard InChI is InChI=1S/C19H16ClNO2/c1-23-19(22)17-12-15(9-7-13-5-3-2-4-6-13)21-18-10-8-14(20)11-16(17)18/h2-6,8,10-12H,7,9H2,1H3. The Morgan fingerprint density at radius 1 is 1.09 bits per heavy atom. The topological polar surface area (TPSA) is 39.2 Å². The van der Waals surface area contributed by atoms with Gasteiger partial charge in [-0.25, -0.2) is 4.79 Å². The van der Waals surface area contributed by atoms with Crippen molar-refractivity contribution in [2.24, 2.45) is 0 Å². The van der Waals surface area contributed by atoms with Crippen LogP contribution >= 0.6 is 11.6 Å². The Labute approximate surface area is 139 Å². The molecule has 0 saturated carbocycles. The summed E-state index contributed by atoms with van der Waals surface area (Å²) >= 11 is 6.04. The van der Waals surface area contributed by atoms with Gasteiger partial charge in [-0.3, -0.25) is 4.98 Å². The SMILES string of the molecule is COC(=O)c1cc(CCc2ccccc2)nc2ccc(Cl)cc12. The van der Waals surface area contributed by atoms with E-state index in [-0.39, 0.29) is 5.97 Å². The lowest BCUT2D eigenvalue weighted by atomic mass is 10.0. The van der Waals surface area contributed by atoms with Crippen LogP contribution in [0, 0.1) is 0 Å². The smallest absolute Gasteiger partial charge is 0.338 e. The minimum absolute atomic E-state index is 0.374. The fraction of sp³-hybridized carbons (Fsp3) is 0.158. The van der Waals surface area contributed by atoms with E-state index >= 15 is 0 Å². The summed E-state index contributed by atoms with van der Waals surface area (Å²) in [4.78, 5) is 16.7. The molecule has 0 radical (unpaired) electrons. The third-order valence-electron chi connectivity index (χ3n) is 3.74. The number of ether oxygens (including phenoxy) is 1. The Bertz CT molecular complexity index is 847. The van der Waals surface area contributed by atoms with Gasteiger partial charge < -0.3 is 4.74 Å². The highest BCUT2D eigenvalue weighted by atomic mass is 35.5. The van der Waals surface area contributed by atoms with Crippen molar-refractivity contribution in [3.8, 4) is 0 Å². The number of carbonyl (C=O) groups is 1. The fourth-order valence-electron chi connectivity index (χ4n) is 2.58. The van der Waals surface area contributed by atoms with Gasteiger partial charge in [0, 0.05) is 16.1 Å². The summed E-state index contributed by atoms with van der Waals surface area (Å²) in [6.07, 6.45) is 1.63. The highest BCUT2D eigenvalue weighted by Gasteiger charge is 2.14. The van der Waals surface area contributed by atoms with Crippen molar-refractivity contribution in [1.29, 1.82) is 0 Å². The molecule has 0 fully saturated rings. The van der Waals surface area contributed by atoms with Gasteiger partial charge in [0.25, 0.3) is 0 Å². The van der Waals surface area contributed by atoms with Crippen LogP contribution in [0.3, 0.4) is 0 Å². The van der Waals surface area contributed by atoms with Crippen LogP contribution in [0.1, 0.15) is 21.6 Å². The molecule has 0 spiro atoms. The molecular weight excluding hydrogens is 310 g/mol. The summed E-state index contributed by atoms with van der Waals surface area (Å²) in [6.45, 7) is 0. The van der Waals surface area contributed by atoms with Gasteiger partial charge in [-0.1, -0.05) is 41.9 Å². The molecular formula is C19H16ClNO2. The molecule has 0 amide bonds. The van der Waals surface area contributed by atoms with E-state index in [2.05, 4.69) is 17.1 Å². The van der Waals surface area contributed by atoms with Crippen molar-refractivity contribution in [3.05, 3.63) is 76.4 Å². The van der Waals surface area contributed by atoms with Crippen LogP contribution in [0.2, 0.25) is 5.02 Å². The van der Waals surface area contributed by atoms with E-state index < -0.39 is 0 Å². The second-order valence-corrected chi connectivity index (χ2v) is 5.74. The van der Waals surface area contributed by atoms with Crippen LogP contribution in [0.4, 0.5) is 0 Å². The van der Waals surface area contributed by atoms with Gasteiger partial charge in [-0.15, -0.1) is 0 Å². The lowest BCUT2D eigenvalue weighted by molar-refractivity contribution is 0.0603. The maximum absolute atomic E-state index is 12.1. The van der Waals surface area contributed by atoms with Crippen molar-refractivity contribution >= 4 is 28.5 Å². The molecule has 2 aromatic carbocycles. The molecule has 0 unspecified atom stereocenters. The van der Waals surface area contributed by atoms with E-state index in [1.54, 1.807) is 18.2 Å². The van der Waals surface area contributed by atoms with Crippen LogP contribution < -0.4 is 0 Å². The van der Waals surface area contributed by atoms with Gasteiger partial charge in [0.15, 0.2) is 0 Å². The Kier molecular flexibility index (Phi) is 4.58. The molecule has 0 aliphatic heterocycles. The lowest BCUT2D eigenvalue weighted by Gasteiger charge is -2.09. The molecule has 0 atom stereocenters. The summed E-state index contributed by atoms with van der Waals surface area (Å²) in [7, 11) is 1.38. The highest BCUT2D eigenvalue weighted by Crippen LogP contribution is 2.24. The number of rotatable bonds is 4. The fourth-order valence-corrected chi connectivity index (χ4v) is 2.75. The average Bonchev–Trinajstić information content (AvgIpc) is 2.59. The maximum atomic E-state index is 12.1. The van der Waals surface area contributed by atoms with Crippen LogP contribution in [-0.4, -0.2) is 18.1 Å². The van der Waals surface area contributed by atoms with Gasteiger partial charge in [-0.2, -0.15) is 0 Å². The van der Waals surface area contributed by atoms with Crippen molar-refractivity contribution in [3.63, 3.8) is 0 Å². The molecule has 0 aliphatic carbocycles. The Morgan fingerprint density at radius 3 is 2.61 bits per heavy atom. The number of hydrogen-bond acceptors (Lipinski definition) is 3. The molecule has 116 valence electrons. The van der Waals surface area contributed by atoms with E-state index in [1.165, 1.54) is 12.7 Å². The molecule has 0 bridgehead atoms. The van der Waals surface area contributed by atoms with Gasteiger partial charge >= 0.3 is 5.97 Å². The zero-order valence-corrected chi connectivity index (χ0v) is 13.5. The number of hydrogen-bond donors (Lipinski definition) is 0. The molecule has 1 heterocycles. The number of aromatic nitrogens is 1. The first-order valence-electron chi connectivity index (χ1n) is 7.39. The molecule has 1 aromatic heterocycles. The van der Waals surface area contributed by atoms with Crippen molar-refractivity contribution in [2.45, 2.75) is 12.8 Å². The Morgan fingerprint density at radius 2 is 1.87 bits per heavy atom. The molecule has 23 heavy (non-hydrogen) atoms. The molecule has 3 aromatic rings. The first kappa shape index (κ1) is 15.5. The summed E-state index contributed by atoms with van der Waals surface area (Å²) in [5.41, 5.74) is 3.36. The number of fused-ring (bicyclic) bond motifs is 1. The second-order valence-electron chi connectivity index (χ2n) is 5.30. The van der Waals surface area contributed by atoms with Crippen LogP contribution in [0.15, 0.2) is 54.6 Å². The van der Waals surface area contributed by atoms with Crippen LogP contribution in [0.5, 0.6) is 0 Å². The number of aryl methyl sites for hydroxylation is 2. The van der Waals surface area contributed by atoms with E-state index in [1.807, 2.05) is 24.3 Å². The Balaban J connectivity index is 1.98. The quantitative estimate of drug-likeness (QED) is 0.665. The molecule has 0 saturated heterocycles. The van der Waals surface area contributed by atoms with E-state index in [0.717, 1.165) is 24.1 Å². The summed E-state index contributed by atoms with van der Waals surface area (Å²) in [5, 5.41) is 1.29. The average molecular weight is 326 g/mol. The lowest BCUT2D eigenvalue weighted by Crippen LogP contribution is -2.05. The van der Waals surface area contributed by atoms with Crippen LogP contribution in [0.25, 0.3) is 10.9 Å². The first-order chi connectivity index (χ1) is 11.2. The molecule has 4 heteroatoms. The number of esters is 1. The Hall–Kier alpha value is -2.39. The van der Waals surface area contributed by atoms with Crippen molar-refractivity contribution in [1.82, 2.24) is 4.98 Å². The van der Waals surface area contributed by atoms with Crippen LogP contribution in [-0.2, 0) is 17.6 Å². The predicted molar refractivity (Wildman–Crippen MR) is 91.9 cm³/mol. The maximum Gasteiger partial charge on any atom is 0.338 e. The summed E-state index contributed by atoms with van der Waals surface area (Å²) in [5.74, 6) is -0.374. The first-order valence-corrected chi connectivity index (χ1v) is 7.76. The van der Waals surface area contributed by atoms with E-state index in [4.69, 9.17) is 16.3 Å². The zero-order valence-electron chi connectivity index (χ0n) is 12.8. The number of halogens is 1. The number of benzene rings is 2. The number of pyridine rings is 1. The molecule has 0 aliphatic rings. The van der Waals surface area contributed by atoms with Gasteiger partial charge in [0.1, 0.15) is 0 Å². The zero-order chi connectivity index (χ0) is 16.2. The van der Waals surface area contributed by atoms with Crippen molar-refractivity contribution in [2.75, 3.05) is 7.11 Å². The number of carbonyl (C=O) groups excluding carboxylic acids is 1. The van der Waals surface area contributed by atoms with Gasteiger partial charge in [0.2, 0.25) is 0 Å². The number of methoxy groups -OCH3 is 1. The predicted octanol–water partition coefficient (Wildman–Crippen LogP) is 4.46. The second kappa shape index (κ2) is 6.80. The third-order valence-corrected chi connectivity index (χ3v) is 3.98. The van der Waals surface area contributed by atoms with E-state index in [0.29, 0.717) is 16.0 Å². The summed E-state index contributed by atoms with van der Waals surface area (Å²) < 4.78 is 4.89. The molecule has 0 N–H and O–H groups in total. The monoisotopic (exact) mass is 325 g/mol. The van der Waals surface area contributed by atoms with Gasteiger partial charge in [0.05, 0.1) is 18.2 Å². The van der Waals surface area contributed by atoms with Crippen molar-refractivity contribution < 1.29 is 9.53 Å². The van der Waals surface area contributed by atoms with Gasteiger partial charge in [-0.05, 0) is 42.7 Å². The largest absolute Gasteiger partial charge is 0.465 e. The number of nitrogens with zero attached hydrogens (tertiary/aromatic N) is 1. The minimum Gasteiger partial charge on any atom is -0.465 e. The minimum atomic E-state index is -0.374. The highest BCUT2D eigenvalue weighted by molar-refractivity contribution is 6.31. The third kappa shape index (κ3) is 3.51. The molecule has 3 rings (SSSR count). The normalized spacial score (nSPS) is 10.7. The summed E-state index contributed by atoms with van der Waals surface area (Å²) in [6, 6.07) is 17.4. The van der Waals surface area contributed by atoms with E-state index in [9.17, 15) is 4.79 Å². The molecule has 3 nitrogen and oxygen atoms in total.